The molecule has 1 fully saturated rings. The van der Waals surface area contributed by atoms with E-state index in [2.05, 4.69) is 20.9 Å². The van der Waals surface area contributed by atoms with Gasteiger partial charge in [-0.1, -0.05) is 41.4 Å². The molecular weight excluding hydrogens is 559 g/mol. The van der Waals surface area contributed by atoms with Crippen molar-refractivity contribution in [1.29, 1.82) is 0 Å². The van der Waals surface area contributed by atoms with E-state index in [-0.39, 0.29) is 28.8 Å². The molecule has 0 bridgehead atoms. The van der Waals surface area contributed by atoms with Gasteiger partial charge < -0.3 is 25.2 Å². The number of ether oxygens (including phenoxy) is 2. The zero-order chi connectivity index (χ0) is 27.2. The SMILES string of the molecule is O=C(Nc1ccc(CC(NC(=O)[C@@H]2OCO[C@H]2C(=O)Nc2nccs2)C(=O)O)cc1)c1c(Cl)cccc1Cl. The maximum absolute atomic E-state index is 12.8. The number of aromatic nitrogens is 1. The average Bonchev–Trinajstić information content (AvgIpc) is 3.57. The summed E-state index contributed by atoms with van der Waals surface area (Å²) in [6.45, 7) is -0.307. The number of carboxylic acids is 1. The Morgan fingerprint density at radius 3 is 2.26 bits per heavy atom. The summed E-state index contributed by atoms with van der Waals surface area (Å²) >= 11 is 13.3. The minimum absolute atomic E-state index is 0.0742. The molecule has 198 valence electrons. The summed E-state index contributed by atoms with van der Waals surface area (Å²) in [4.78, 5) is 53.6. The van der Waals surface area contributed by atoms with Crippen LogP contribution >= 0.6 is 34.5 Å². The number of amides is 3. The van der Waals surface area contributed by atoms with Crippen LogP contribution in [-0.4, -0.2) is 58.8 Å². The molecule has 1 aliphatic heterocycles. The predicted molar refractivity (Wildman–Crippen MR) is 139 cm³/mol. The fourth-order valence-electron chi connectivity index (χ4n) is 3.57. The first-order valence-electron chi connectivity index (χ1n) is 11.0. The minimum atomic E-state index is -1.34. The van der Waals surface area contributed by atoms with E-state index >= 15 is 0 Å². The van der Waals surface area contributed by atoms with Crippen LogP contribution in [0.1, 0.15) is 15.9 Å². The molecule has 0 radical (unpaired) electrons. The molecule has 14 heteroatoms. The van der Waals surface area contributed by atoms with Gasteiger partial charge in [-0.15, -0.1) is 11.3 Å². The number of carbonyl (C=O) groups excluding carboxylic acids is 3. The van der Waals surface area contributed by atoms with Crippen LogP contribution in [0.4, 0.5) is 10.8 Å². The highest BCUT2D eigenvalue weighted by atomic mass is 35.5. The fourth-order valence-corrected chi connectivity index (χ4v) is 4.67. The highest BCUT2D eigenvalue weighted by Crippen LogP contribution is 2.25. The summed E-state index contributed by atoms with van der Waals surface area (Å²) in [5.41, 5.74) is 1.12. The quantitative estimate of drug-likeness (QED) is 0.301. The Morgan fingerprint density at radius 2 is 1.66 bits per heavy atom. The molecule has 1 aliphatic rings. The van der Waals surface area contributed by atoms with Gasteiger partial charge in [0.15, 0.2) is 17.3 Å². The van der Waals surface area contributed by atoms with Crippen molar-refractivity contribution >= 4 is 69.0 Å². The summed E-state index contributed by atoms with van der Waals surface area (Å²) < 4.78 is 10.5. The first-order valence-corrected chi connectivity index (χ1v) is 12.7. The van der Waals surface area contributed by atoms with E-state index in [1.165, 1.54) is 17.5 Å². The van der Waals surface area contributed by atoms with Gasteiger partial charge in [0.25, 0.3) is 17.7 Å². The Morgan fingerprint density at radius 1 is 1.00 bits per heavy atom. The van der Waals surface area contributed by atoms with E-state index in [1.807, 2.05) is 0 Å². The number of nitrogens with zero attached hydrogens (tertiary/aromatic N) is 1. The second-order valence-electron chi connectivity index (χ2n) is 7.97. The lowest BCUT2D eigenvalue weighted by Crippen LogP contribution is -2.51. The van der Waals surface area contributed by atoms with Gasteiger partial charge in [-0.25, -0.2) is 9.78 Å². The van der Waals surface area contributed by atoms with Crippen molar-refractivity contribution in [3.05, 3.63) is 75.2 Å². The Labute approximate surface area is 230 Å². The molecule has 3 atom stereocenters. The summed E-state index contributed by atoms with van der Waals surface area (Å²) in [6, 6.07) is 9.75. The van der Waals surface area contributed by atoms with E-state index in [1.54, 1.807) is 47.8 Å². The summed E-state index contributed by atoms with van der Waals surface area (Å²) in [5.74, 6) is -3.24. The van der Waals surface area contributed by atoms with Gasteiger partial charge in [0.05, 0.1) is 15.6 Å². The monoisotopic (exact) mass is 578 g/mol. The van der Waals surface area contributed by atoms with Crippen molar-refractivity contribution in [2.45, 2.75) is 24.7 Å². The molecule has 1 saturated heterocycles. The molecule has 2 aromatic carbocycles. The van der Waals surface area contributed by atoms with Crippen LogP contribution in [0, 0.1) is 0 Å². The first kappa shape index (κ1) is 27.5. The third-order valence-corrected chi connectivity index (χ3v) is 6.72. The zero-order valence-corrected chi connectivity index (χ0v) is 21.7. The highest BCUT2D eigenvalue weighted by Gasteiger charge is 2.42. The number of nitrogens with one attached hydrogen (secondary N) is 3. The smallest absolute Gasteiger partial charge is 0.326 e. The fraction of sp³-hybridized carbons (Fsp3) is 0.208. The minimum Gasteiger partial charge on any atom is -0.480 e. The second kappa shape index (κ2) is 12.3. The summed E-state index contributed by atoms with van der Waals surface area (Å²) in [7, 11) is 0. The molecule has 4 rings (SSSR count). The topological polar surface area (TPSA) is 156 Å². The normalized spacial score (nSPS) is 17.4. The number of hydrogen-bond donors (Lipinski definition) is 4. The number of thiazole rings is 1. The van der Waals surface area contributed by atoms with Crippen LogP contribution in [-0.2, 0) is 30.3 Å². The number of anilines is 2. The molecule has 0 saturated carbocycles. The van der Waals surface area contributed by atoms with Gasteiger partial charge in [-0.3, -0.25) is 19.7 Å². The molecule has 1 unspecified atom stereocenters. The molecule has 4 N–H and O–H groups in total. The van der Waals surface area contributed by atoms with Crippen LogP contribution in [0.5, 0.6) is 0 Å². The molecule has 38 heavy (non-hydrogen) atoms. The molecule has 3 aromatic rings. The largest absolute Gasteiger partial charge is 0.480 e. The maximum atomic E-state index is 12.8. The number of rotatable bonds is 9. The molecule has 0 aliphatic carbocycles. The van der Waals surface area contributed by atoms with Crippen molar-refractivity contribution in [3.8, 4) is 0 Å². The number of carbonyl (C=O) groups is 4. The molecular formula is C24H20Cl2N4O7S. The van der Waals surface area contributed by atoms with Crippen LogP contribution in [0.2, 0.25) is 10.0 Å². The number of benzene rings is 2. The van der Waals surface area contributed by atoms with E-state index in [4.69, 9.17) is 32.7 Å². The van der Waals surface area contributed by atoms with Crippen LogP contribution in [0.3, 0.4) is 0 Å². The molecule has 2 heterocycles. The Bertz CT molecular complexity index is 1320. The van der Waals surface area contributed by atoms with Crippen LogP contribution in [0.15, 0.2) is 54.0 Å². The van der Waals surface area contributed by atoms with Gasteiger partial charge in [-0.2, -0.15) is 0 Å². The van der Waals surface area contributed by atoms with Crippen molar-refractivity contribution < 1.29 is 33.8 Å². The van der Waals surface area contributed by atoms with Crippen LogP contribution in [0.25, 0.3) is 0 Å². The van der Waals surface area contributed by atoms with E-state index in [0.717, 1.165) is 0 Å². The summed E-state index contributed by atoms with van der Waals surface area (Å²) in [6.07, 6.45) is -1.19. The Hall–Kier alpha value is -3.55. The number of aliphatic carboxylic acids is 1. The highest BCUT2D eigenvalue weighted by molar-refractivity contribution is 7.13. The van der Waals surface area contributed by atoms with Gasteiger partial charge in [0.1, 0.15) is 12.8 Å². The lowest BCUT2D eigenvalue weighted by molar-refractivity contribution is -0.144. The van der Waals surface area contributed by atoms with Crippen molar-refractivity contribution in [1.82, 2.24) is 10.3 Å². The third-order valence-electron chi connectivity index (χ3n) is 5.41. The van der Waals surface area contributed by atoms with E-state index in [0.29, 0.717) is 16.4 Å². The van der Waals surface area contributed by atoms with E-state index in [9.17, 15) is 24.3 Å². The molecule has 11 nitrogen and oxygen atoms in total. The first-order chi connectivity index (χ1) is 18.2. The van der Waals surface area contributed by atoms with Gasteiger partial charge in [0.2, 0.25) is 0 Å². The van der Waals surface area contributed by atoms with Crippen molar-refractivity contribution in [2.75, 3.05) is 17.4 Å². The molecule has 3 amide bonds. The molecule has 1 aromatic heterocycles. The Balaban J connectivity index is 1.37. The number of hydrogen-bond acceptors (Lipinski definition) is 8. The van der Waals surface area contributed by atoms with Gasteiger partial charge in [-0.05, 0) is 29.8 Å². The maximum Gasteiger partial charge on any atom is 0.326 e. The lowest BCUT2D eigenvalue weighted by Gasteiger charge is -2.19. The zero-order valence-electron chi connectivity index (χ0n) is 19.4. The third kappa shape index (κ3) is 6.65. The molecule has 0 spiro atoms. The van der Waals surface area contributed by atoms with Crippen molar-refractivity contribution in [2.24, 2.45) is 0 Å². The van der Waals surface area contributed by atoms with Gasteiger partial charge in [0, 0.05) is 23.7 Å². The number of halogens is 2. The predicted octanol–water partition coefficient (Wildman–Crippen LogP) is 3.19. The number of carboxylic acid groups (broad SMARTS) is 1. The second-order valence-corrected chi connectivity index (χ2v) is 9.68. The lowest BCUT2D eigenvalue weighted by atomic mass is 10.0. The summed E-state index contributed by atoms with van der Waals surface area (Å²) in [5, 5.41) is 19.7. The van der Waals surface area contributed by atoms with Gasteiger partial charge >= 0.3 is 5.97 Å². The average molecular weight is 579 g/mol. The van der Waals surface area contributed by atoms with Crippen LogP contribution < -0.4 is 16.0 Å². The van der Waals surface area contributed by atoms with Crippen molar-refractivity contribution in [3.63, 3.8) is 0 Å². The van der Waals surface area contributed by atoms with E-state index < -0.39 is 41.9 Å². The Kier molecular flexibility index (Phi) is 8.92. The standard InChI is InChI=1S/C24H20Cl2N4O7S/c25-14-2-1-3-15(26)17(14)20(31)28-13-6-4-12(5-7-13)10-16(23(34)35)29-21(32)18-19(37-11-36-18)22(33)30-24-27-8-9-38-24/h1-9,16,18-19H,10-11H2,(H,28,31)(H,29,32)(H,34,35)(H,27,30,33)/t16?,18-,19-/m1/s1.